The normalized spacial score (nSPS) is 20.7. The van der Waals surface area contributed by atoms with E-state index in [4.69, 9.17) is 11.6 Å². The average molecular weight is 428 g/mol. The van der Waals surface area contributed by atoms with Gasteiger partial charge in [-0.25, -0.2) is 21.6 Å². The zero-order chi connectivity index (χ0) is 19.8. The van der Waals surface area contributed by atoms with E-state index in [9.17, 15) is 16.8 Å². The van der Waals surface area contributed by atoms with E-state index in [-0.39, 0.29) is 21.8 Å². The lowest BCUT2D eigenvalue weighted by molar-refractivity contribution is 0.548. The van der Waals surface area contributed by atoms with Gasteiger partial charge in [0, 0.05) is 17.3 Å². The Morgan fingerprint density at radius 3 is 2.44 bits per heavy atom. The van der Waals surface area contributed by atoms with Crippen LogP contribution in [-0.4, -0.2) is 29.1 Å². The summed E-state index contributed by atoms with van der Waals surface area (Å²) in [5, 5.41) is 0.671. The highest BCUT2D eigenvalue weighted by molar-refractivity contribution is 7.91. The van der Waals surface area contributed by atoms with Crippen LogP contribution in [0, 0.1) is 6.92 Å². The number of halogens is 1. The first-order valence-corrected chi connectivity index (χ1v) is 12.4. The molecule has 1 N–H and O–H groups in total. The minimum absolute atomic E-state index is 0.00305. The van der Waals surface area contributed by atoms with Gasteiger partial charge < -0.3 is 0 Å². The predicted molar refractivity (Wildman–Crippen MR) is 106 cm³/mol. The molecule has 2 aromatic carbocycles. The molecule has 2 atom stereocenters. The van der Waals surface area contributed by atoms with Crippen LogP contribution in [0.25, 0.3) is 0 Å². The van der Waals surface area contributed by atoms with Gasteiger partial charge in [-0.15, -0.1) is 0 Å². The van der Waals surface area contributed by atoms with Crippen molar-refractivity contribution in [3.63, 3.8) is 0 Å². The summed E-state index contributed by atoms with van der Waals surface area (Å²) in [5.74, 6) is 0.250. The lowest BCUT2D eigenvalue weighted by Crippen LogP contribution is -2.33. The van der Waals surface area contributed by atoms with Gasteiger partial charge in [0.2, 0.25) is 10.0 Å². The molecule has 0 aromatic heterocycles. The fraction of sp³-hybridized carbons (Fsp3) is 0.368. The second kappa shape index (κ2) is 7.54. The summed E-state index contributed by atoms with van der Waals surface area (Å²) in [6.45, 7) is 1.66. The van der Waals surface area contributed by atoms with Crippen LogP contribution < -0.4 is 4.72 Å². The van der Waals surface area contributed by atoms with Crippen LogP contribution in [0.15, 0.2) is 52.3 Å². The molecule has 0 radical (unpaired) electrons. The molecule has 0 amide bonds. The minimum Gasteiger partial charge on any atom is -0.224 e. The van der Waals surface area contributed by atoms with Crippen LogP contribution in [-0.2, 0) is 19.9 Å². The molecule has 5 nitrogen and oxygen atoms in total. The van der Waals surface area contributed by atoms with Gasteiger partial charge >= 0.3 is 0 Å². The van der Waals surface area contributed by atoms with Crippen LogP contribution in [0.1, 0.15) is 36.3 Å². The van der Waals surface area contributed by atoms with E-state index in [1.807, 2.05) is 24.3 Å². The van der Waals surface area contributed by atoms with E-state index < -0.39 is 19.9 Å². The van der Waals surface area contributed by atoms with Crippen molar-refractivity contribution in [1.29, 1.82) is 0 Å². The van der Waals surface area contributed by atoms with Crippen LogP contribution in [0.2, 0.25) is 5.02 Å². The third-order valence-electron chi connectivity index (χ3n) is 4.95. The van der Waals surface area contributed by atoms with Crippen molar-refractivity contribution in [2.45, 2.75) is 47.9 Å². The van der Waals surface area contributed by atoms with E-state index in [0.717, 1.165) is 24.7 Å². The van der Waals surface area contributed by atoms with Gasteiger partial charge in [0.25, 0.3) is 0 Å². The van der Waals surface area contributed by atoms with Gasteiger partial charge in [0.15, 0.2) is 9.84 Å². The first kappa shape index (κ1) is 20.3. The molecule has 2 aromatic rings. The van der Waals surface area contributed by atoms with Gasteiger partial charge in [-0.2, -0.15) is 0 Å². The van der Waals surface area contributed by atoms with E-state index in [0.29, 0.717) is 17.0 Å². The number of hydrogen-bond acceptors (Lipinski definition) is 4. The number of sulfonamides is 1. The molecular weight excluding hydrogens is 406 g/mol. The van der Waals surface area contributed by atoms with Crippen molar-refractivity contribution in [1.82, 2.24) is 4.72 Å². The highest BCUT2D eigenvalue weighted by Gasteiger charge is 2.30. The Hall–Kier alpha value is -1.41. The number of aryl methyl sites for hydroxylation is 1. The number of sulfone groups is 1. The first-order chi connectivity index (χ1) is 12.6. The predicted octanol–water partition coefficient (Wildman–Crippen LogP) is 3.67. The maximum atomic E-state index is 12.9. The van der Waals surface area contributed by atoms with Crippen molar-refractivity contribution in [3.05, 3.63) is 58.6 Å². The molecule has 3 rings (SSSR count). The van der Waals surface area contributed by atoms with E-state index in [2.05, 4.69) is 4.72 Å². The second-order valence-corrected chi connectivity index (χ2v) is 11.2. The molecule has 2 unspecified atom stereocenters. The van der Waals surface area contributed by atoms with E-state index in [1.54, 1.807) is 6.92 Å². The van der Waals surface area contributed by atoms with Crippen LogP contribution in [0.4, 0.5) is 0 Å². The molecule has 0 saturated heterocycles. The van der Waals surface area contributed by atoms with Crippen molar-refractivity contribution in [3.8, 4) is 0 Å². The van der Waals surface area contributed by atoms with Gasteiger partial charge in [-0.3, -0.25) is 0 Å². The topological polar surface area (TPSA) is 80.3 Å². The molecule has 1 aliphatic carbocycles. The summed E-state index contributed by atoms with van der Waals surface area (Å²) in [4.78, 5) is 0.00771. The summed E-state index contributed by atoms with van der Waals surface area (Å²) >= 11 is 6.05. The second-order valence-electron chi connectivity index (χ2n) is 7.08. The number of benzene rings is 2. The zero-order valence-electron chi connectivity index (χ0n) is 15.1. The lowest BCUT2D eigenvalue weighted by atomic mass is 9.98. The standard InChI is InChI=1S/C19H22ClNO4S2/c1-13-6-9-18(26(2,22)23)12-19(13)27(24,25)21-17-8-7-15(11-17)14-4-3-5-16(20)10-14/h3-6,9-10,12,15,17,21H,7-8,11H2,1-2H3. The molecule has 1 saturated carbocycles. The molecule has 27 heavy (non-hydrogen) atoms. The highest BCUT2D eigenvalue weighted by atomic mass is 35.5. The van der Waals surface area contributed by atoms with Crippen LogP contribution in [0.5, 0.6) is 0 Å². The SMILES string of the molecule is Cc1ccc(S(C)(=O)=O)cc1S(=O)(=O)NC1CCC(c2cccc(Cl)c2)C1. The molecule has 0 heterocycles. The largest absolute Gasteiger partial charge is 0.241 e. The van der Waals surface area contributed by atoms with E-state index >= 15 is 0 Å². The van der Waals surface area contributed by atoms with Crippen LogP contribution >= 0.6 is 11.6 Å². The Labute approximate surface area is 165 Å². The summed E-state index contributed by atoms with van der Waals surface area (Å²) in [6, 6.07) is 11.6. The first-order valence-electron chi connectivity index (χ1n) is 8.65. The van der Waals surface area contributed by atoms with Crippen molar-refractivity contribution >= 4 is 31.5 Å². The Kier molecular flexibility index (Phi) is 5.68. The lowest BCUT2D eigenvalue weighted by Gasteiger charge is -2.16. The van der Waals surface area contributed by atoms with E-state index in [1.165, 1.54) is 18.2 Å². The minimum atomic E-state index is -3.81. The van der Waals surface area contributed by atoms with Gasteiger partial charge in [-0.1, -0.05) is 29.8 Å². The quantitative estimate of drug-likeness (QED) is 0.789. The molecule has 0 bridgehead atoms. The maximum absolute atomic E-state index is 12.9. The van der Waals surface area contributed by atoms with Crippen LogP contribution in [0.3, 0.4) is 0 Å². The number of rotatable bonds is 5. The smallest absolute Gasteiger partial charge is 0.224 e. The van der Waals surface area contributed by atoms with Crippen molar-refractivity contribution in [2.24, 2.45) is 0 Å². The number of nitrogens with one attached hydrogen (secondary N) is 1. The maximum Gasteiger partial charge on any atom is 0.241 e. The molecule has 1 aliphatic rings. The molecule has 8 heteroatoms. The summed E-state index contributed by atoms with van der Waals surface area (Å²) in [7, 11) is -7.29. The van der Waals surface area contributed by atoms with Crippen molar-refractivity contribution < 1.29 is 16.8 Å². The Morgan fingerprint density at radius 2 is 1.78 bits per heavy atom. The molecule has 1 fully saturated rings. The van der Waals surface area contributed by atoms with Crippen molar-refractivity contribution in [2.75, 3.05) is 6.26 Å². The molecule has 0 spiro atoms. The third-order valence-corrected chi connectivity index (χ3v) is 7.96. The van der Waals surface area contributed by atoms with Gasteiger partial charge in [0.1, 0.15) is 0 Å². The highest BCUT2D eigenvalue weighted by Crippen LogP contribution is 2.36. The monoisotopic (exact) mass is 427 g/mol. The summed E-state index contributed by atoms with van der Waals surface area (Å²) in [5.41, 5.74) is 1.62. The van der Waals surface area contributed by atoms with Gasteiger partial charge in [0.05, 0.1) is 9.79 Å². The fourth-order valence-electron chi connectivity index (χ4n) is 3.54. The van der Waals surface area contributed by atoms with Gasteiger partial charge in [-0.05, 0) is 67.5 Å². The molecule has 146 valence electrons. The zero-order valence-corrected chi connectivity index (χ0v) is 17.5. The third kappa shape index (κ3) is 4.71. The Bertz CT molecular complexity index is 1060. The Balaban J connectivity index is 1.80. The average Bonchev–Trinajstić information content (AvgIpc) is 3.01. The Morgan fingerprint density at radius 1 is 1.04 bits per heavy atom. The molecular formula is C19H22ClNO4S2. The summed E-state index contributed by atoms with van der Waals surface area (Å²) < 4.78 is 52.0. The fourth-order valence-corrected chi connectivity index (χ4v) is 6.01. The number of hydrogen-bond donors (Lipinski definition) is 1. The summed E-state index contributed by atoms with van der Waals surface area (Å²) in [6.07, 6.45) is 3.34. The molecule has 0 aliphatic heterocycles.